The third-order valence-electron chi connectivity index (χ3n) is 2.69. The van der Waals surface area contributed by atoms with Gasteiger partial charge in [0.2, 0.25) is 0 Å². The third kappa shape index (κ3) is 7.37. The zero-order chi connectivity index (χ0) is 13.6. The molecule has 0 N–H and O–H groups in total. The van der Waals surface area contributed by atoms with E-state index in [2.05, 4.69) is 4.40 Å². The molecule has 0 radical (unpaired) electrons. The molecule has 0 bridgehead atoms. The van der Waals surface area contributed by atoms with Gasteiger partial charge >= 0.3 is 0 Å². The Morgan fingerprint density at radius 3 is 2.30 bits per heavy atom. The molecule has 1 aromatic rings. The number of aryl methyl sites for hydroxylation is 1. The first-order valence-electron chi connectivity index (χ1n) is 5.93. The number of nitrogens with zero attached hydrogens (tertiary/aromatic N) is 1. The first-order valence-corrected chi connectivity index (χ1v) is 7.37. The number of hydrogen-bond acceptors (Lipinski definition) is 2. The van der Waals surface area contributed by atoms with Gasteiger partial charge in [0, 0.05) is 27.3 Å². The number of benzene rings is 1. The summed E-state index contributed by atoms with van der Waals surface area (Å²) >= 11 is 0. The van der Waals surface area contributed by atoms with E-state index in [1.807, 2.05) is 26.8 Å². The second-order valence-electron chi connectivity index (χ2n) is 4.25. The maximum atomic E-state index is 11.8. The monoisotopic (exact) mass is 495 g/mol. The fourth-order valence-electron chi connectivity index (χ4n) is 1.36. The van der Waals surface area contributed by atoms with Gasteiger partial charge in [0.25, 0.3) is 10.0 Å². The van der Waals surface area contributed by atoms with E-state index in [9.17, 15) is 8.42 Å². The molecule has 0 heterocycles. The maximum Gasteiger partial charge on any atom is 0.281 e. The van der Waals surface area contributed by atoms with E-state index in [0.717, 1.165) is 12.0 Å². The molecule has 3 nitrogen and oxygen atoms in total. The van der Waals surface area contributed by atoms with Gasteiger partial charge in [-0.25, -0.2) is 0 Å². The largest absolute Gasteiger partial charge is 1.00 e. The van der Waals surface area contributed by atoms with Crippen molar-refractivity contribution in [3.05, 3.63) is 41.5 Å². The predicted octanol–water partition coefficient (Wildman–Crippen LogP) is 0.502. The normalized spacial score (nSPS) is 11.8. The van der Waals surface area contributed by atoms with Crippen LogP contribution in [-0.4, -0.2) is 14.6 Å². The van der Waals surface area contributed by atoms with Crippen LogP contribution in [0, 0.1) is 6.92 Å². The molecule has 0 unspecified atom stereocenters. The molecule has 1 rings (SSSR count). The van der Waals surface area contributed by atoms with E-state index in [-0.39, 0.29) is 38.4 Å². The van der Waals surface area contributed by atoms with Gasteiger partial charge in [-0.3, -0.25) is 0 Å². The summed E-state index contributed by atoms with van der Waals surface area (Å²) in [6, 6.07) is 6.71. The quantitative estimate of drug-likeness (QED) is 0.441. The summed E-state index contributed by atoms with van der Waals surface area (Å²) in [6.07, 6.45) is 4.97. The molecule has 20 heavy (non-hydrogen) atoms. The summed E-state index contributed by atoms with van der Waals surface area (Å²) in [6.45, 7) is 5.90. The number of hydrogen-bond donors (Lipinski definition) is 0. The van der Waals surface area contributed by atoms with Crippen molar-refractivity contribution in [1.29, 1.82) is 0 Å². The fourth-order valence-corrected chi connectivity index (χ4v) is 2.26. The molecular weight excluding hydrogens is 477 g/mol. The minimum Gasteiger partial charge on any atom is -1.00 e. The summed E-state index contributed by atoms with van der Waals surface area (Å²) in [5.41, 5.74) is 2.26. The average Bonchev–Trinajstić information content (AvgIpc) is 2.35. The van der Waals surface area contributed by atoms with Gasteiger partial charge < -0.3 is 12.4 Å². The van der Waals surface area contributed by atoms with Crippen molar-refractivity contribution in [3.63, 3.8) is 0 Å². The van der Waals surface area contributed by atoms with Crippen LogP contribution in [0.15, 0.2) is 45.2 Å². The third-order valence-corrected chi connectivity index (χ3v) is 3.99. The molecule has 0 aliphatic heterocycles. The Balaban J connectivity index is 0. The van der Waals surface area contributed by atoms with Crippen molar-refractivity contribution in [2.75, 3.05) is 0 Å². The van der Waals surface area contributed by atoms with Crippen LogP contribution < -0.4 is 12.4 Å². The van der Waals surface area contributed by atoms with E-state index in [0.29, 0.717) is 6.42 Å². The summed E-state index contributed by atoms with van der Waals surface area (Å²) in [4.78, 5) is 0.243. The zero-order valence-corrected chi connectivity index (χ0v) is 15.6. The minimum atomic E-state index is -3.53. The first-order chi connectivity index (χ1) is 8.45. The molecule has 0 aromatic heterocycles. The Morgan fingerprint density at radius 2 is 1.80 bits per heavy atom. The molecular formula is C14H19ClNO2PtS-. The molecule has 0 atom stereocenters. The number of rotatable bonds is 5. The molecule has 0 amide bonds. The maximum absolute atomic E-state index is 11.8. The summed E-state index contributed by atoms with van der Waals surface area (Å²) in [5.74, 6) is 0. The van der Waals surface area contributed by atoms with Gasteiger partial charge in [-0.2, -0.15) is 12.8 Å². The Hall–Kier alpha value is -0.442. The fraction of sp³-hybridized carbons (Fsp3) is 0.357. The Kier molecular flexibility index (Phi) is 11.3. The van der Waals surface area contributed by atoms with Crippen LogP contribution in [0.5, 0.6) is 0 Å². The van der Waals surface area contributed by atoms with Gasteiger partial charge in [-0.1, -0.05) is 29.3 Å². The van der Waals surface area contributed by atoms with E-state index < -0.39 is 10.0 Å². The first kappa shape index (κ1) is 21.8. The molecule has 1 aromatic carbocycles. The Morgan fingerprint density at radius 1 is 1.25 bits per heavy atom. The van der Waals surface area contributed by atoms with Crippen molar-refractivity contribution in [3.8, 4) is 0 Å². The topological polar surface area (TPSA) is 46.5 Å². The Bertz CT molecular complexity index is 551. The van der Waals surface area contributed by atoms with E-state index in [1.165, 1.54) is 11.8 Å². The second-order valence-corrected chi connectivity index (χ2v) is 5.88. The van der Waals surface area contributed by atoms with Crippen LogP contribution in [-0.2, 0) is 31.1 Å². The molecule has 0 aliphatic rings. The van der Waals surface area contributed by atoms with Gasteiger partial charge in [-0.15, -0.1) is 0 Å². The average molecular weight is 496 g/mol. The number of sulfonamides is 1. The van der Waals surface area contributed by atoms with Crippen LogP contribution in [0.3, 0.4) is 0 Å². The summed E-state index contributed by atoms with van der Waals surface area (Å²) in [7, 11) is -3.53. The smallest absolute Gasteiger partial charge is 0.281 e. The van der Waals surface area contributed by atoms with Gasteiger partial charge in [0.15, 0.2) is 0 Å². The Labute approximate surface area is 142 Å². The van der Waals surface area contributed by atoms with Crippen LogP contribution in [0.1, 0.15) is 32.3 Å². The van der Waals surface area contributed by atoms with Gasteiger partial charge in [0.05, 0.1) is 4.90 Å². The van der Waals surface area contributed by atoms with Crippen molar-refractivity contribution in [1.82, 2.24) is 0 Å². The van der Waals surface area contributed by atoms with Crippen LogP contribution in [0.2, 0.25) is 0 Å². The second kappa shape index (κ2) is 10.3. The molecule has 6 heteroatoms. The van der Waals surface area contributed by atoms with Crippen molar-refractivity contribution in [2.45, 2.75) is 38.5 Å². The minimum absolute atomic E-state index is 0. The predicted molar refractivity (Wildman–Crippen MR) is 75.5 cm³/mol. The number of halogens is 1. The van der Waals surface area contributed by atoms with Crippen LogP contribution >= 0.6 is 0 Å². The van der Waals surface area contributed by atoms with Gasteiger partial charge in [-0.05, 0) is 45.7 Å². The summed E-state index contributed by atoms with van der Waals surface area (Å²) in [5, 5.41) is 0. The van der Waals surface area contributed by atoms with Crippen LogP contribution in [0.25, 0.3) is 0 Å². The molecule has 0 saturated heterocycles. The zero-order valence-electron chi connectivity index (χ0n) is 11.7. The molecule has 0 saturated carbocycles. The SMILES string of the molecule is C/C=C(\C)CCC=NS(=O)(=O)c1ccc(C)cc1.[Cl-].[Pt]. The van der Waals surface area contributed by atoms with Crippen molar-refractivity contribution >= 4 is 16.2 Å². The number of allylic oxidation sites excluding steroid dienone is 2. The summed E-state index contributed by atoms with van der Waals surface area (Å²) < 4.78 is 27.4. The van der Waals surface area contributed by atoms with Crippen molar-refractivity contribution in [2.24, 2.45) is 4.40 Å². The van der Waals surface area contributed by atoms with Crippen LogP contribution in [0.4, 0.5) is 0 Å². The van der Waals surface area contributed by atoms with E-state index >= 15 is 0 Å². The molecule has 0 fully saturated rings. The molecule has 0 aliphatic carbocycles. The van der Waals surface area contributed by atoms with E-state index in [4.69, 9.17) is 0 Å². The van der Waals surface area contributed by atoms with Gasteiger partial charge in [0.1, 0.15) is 0 Å². The van der Waals surface area contributed by atoms with E-state index in [1.54, 1.807) is 24.3 Å². The molecule has 116 valence electrons. The molecule has 0 spiro atoms. The standard InChI is InChI=1S/C14H19NO2S.ClH.Pt/c1-4-12(2)6-5-11-15-18(16,17)14-9-7-13(3)8-10-14;;/h4,7-11H,5-6H2,1-3H3;1H;/p-1/b12-4+,15-11?;;. The van der Waals surface area contributed by atoms with Crippen molar-refractivity contribution < 1.29 is 41.9 Å².